The van der Waals surface area contributed by atoms with Gasteiger partial charge in [-0.1, -0.05) is 32.4 Å². The molecule has 0 bridgehead atoms. The number of halogens is 1. The van der Waals surface area contributed by atoms with E-state index in [0.717, 1.165) is 11.1 Å². The smallest absolute Gasteiger partial charge is 0.409 e. The lowest BCUT2D eigenvalue weighted by Crippen LogP contribution is -2.50. The molecule has 1 aliphatic carbocycles. The molecule has 2 aromatic rings. The number of aromatic nitrogens is 1. The van der Waals surface area contributed by atoms with Gasteiger partial charge in [-0.15, -0.1) is 0 Å². The molecule has 0 aliphatic heterocycles. The van der Waals surface area contributed by atoms with Crippen LogP contribution >= 0.6 is 11.6 Å². The molecule has 1 atom stereocenters. The van der Waals surface area contributed by atoms with Crippen LogP contribution in [0.25, 0.3) is 11.1 Å². The number of ketones is 1. The van der Waals surface area contributed by atoms with Crippen LogP contribution in [-0.2, 0) is 21.2 Å². The van der Waals surface area contributed by atoms with Crippen LogP contribution in [0.4, 0.5) is 10.5 Å². The van der Waals surface area contributed by atoms with Crippen LogP contribution in [0.15, 0.2) is 30.5 Å². The van der Waals surface area contributed by atoms with Gasteiger partial charge in [-0.25, -0.2) is 4.79 Å². The lowest BCUT2D eigenvalue weighted by Gasteiger charge is -2.43. The van der Waals surface area contributed by atoms with E-state index in [0.29, 0.717) is 34.8 Å². The molecule has 3 rings (SSSR count). The first-order valence-electron chi connectivity index (χ1n) is 10.3. The van der Waals surface area contributed by atoms with Gasteiger partial charge in [0.15, 0.2) is 19.7 Å². The third kappa shape index (κ3) is 4.40. The number of nitrogens with zero attached hydrogens (tertiary/aromatic N) is 1. The van der Waals surface area contributed by atoms with Crippen molar-refractivity contribution in [1.29, 1.82) is 0 Å². The van der Waals surface area contributed by atoms with E-state index in [1.807, 2.05) is 6.07 Å². The minimum atomic E-state index is -2.24. The molecule has 1 aromatic carbocycles. The molecule has 6 nitrogen and oxygen atoms in total. The molecule has 0 radical (unpaired) electrons. The largest absolute Gasteiger partial charge is 0.465 e. The van der Waals surface area contributed by atoms with Crippen molar-refractivity contribution < 1.29 is 19.1 Å². The zero-order valence-electron chi connectivity index (χ0n) is 18.8. The van der Waals surface area contributed by atoms with Crippen molar-refractivity contribution in [3.8, 4) is 11.1 Å². The Balaban J connectivity index is 2.08. The number of hydrogen-bond donors (Lipinski definition) is 2. The van der Waals surface area contributed by atoms with Crippen molar-refractivity contribution in [2.75, 3.05) is 5.32 Å². The normalized spacial score (nSPS) is 18.5. The SMILES string of the molecule is CC(=O)C1(O[Si](C)(C)C(C)(C)C)CCc2cc(-c3cc(Cl)ccc3NC(=O)O)cnc21. The first-order chi connectivity index (χ1) is 14.3. The molecule has 31 heavy (non-hydrogen) atoms. The highest BCUT2D eigenvalue weighted by molar-refractivity contribution is 6.74. The van der Waals surface area contributed by atoms with E-state index in [1.165, 1.54) is 0 Å². The van der Waals surface area contributed by atoms with Crippen molar-refractivity contribution >= 4 is 37.5 Å². The Bertz CT molecular complexity index is 1050. The summed E-state index contributed by atoms with van der Waals surface area (Å²) in [4.78, 5) is 28.7. The lowest BCUT2D eigenvalue weighted by atomic mass is 9.95. The zero-order valence-corrected chi connectivity index (χ0v) is 20.6. The Kier molecular flexibility index (Phi) is 6.08. The fourth-order valence-electron chi connectivity index (χ4n) is 3.72. The fraction of sp³-hybridized carbons (Fsp3) is 0.435. The third-order valence-corrected chi connectivity index (χ3v) is 11.1. The van der Waals surface area contributed by atoms with Gasteiger partial charge in [0.2, 0.25) is 0 Å². The number of carbonyl (C=O) groups excluding carboxylic acids is 1. The molecule has 166 valence electrons. The minimum Gasteiger partial charge on any atom is -0.465 e. The number of Topliss-reactive ketones (excluding diaryl/α,β-unsaturated/α-hetero) is 1. The summed E-state index contributed by atoms with van der Waals surface area (Å²) in [6.45, 7) is 12.3. The molecular weight excluding hydrogens is 432 g/mol. The van der Waals surface area contributed by atoms with Gasteiger partial charge >= 0.3 is 6.09 Å². The highest BCUT2D eigenvalue weighted by atomic mass is 35.5. The fourth-order valence-corrected chi connectivity index (χ4v) is 5.42. The van der Waals surface area contributed by atoms with Gasteiger partial charge in [-0.3, -0.25) is 15.1 Å². The molecule has 2 N–H and O–H groups in total. The summed E-state index contributed by atoms with van der Waals surface area (Å²) in [5.74, 6) is -0.0349. The summed E-state index contributed by atoms with van der Waals surface area (Å²) in [7, 11) is -2.24. The van der Waals surface area contributed by atoms with Crippen molar-refractivity contribution in [2.45, 2.75) is 64.3 Å². The summed E-state index contributed by atoms with van der Waals surface area (Å²) in [6.07, 6.45) is 1.72. The Morgan fingerprint density at radius 3 is 2.52 bits per heavy atom. The van der Waals surface area contributed by atoms with Crippen LogP contribution < -0.4 is 5.32 Å². The van der Waals surface area contributed by atoms with E-state index < -0.39 is 20.0 Å². The quantitative estimate of drug-likeness (QED) is 0.515. The molecule has 0 spiro atoms. The molecule has 0 saturated heterocycles. The first kappa shape index (κ1) is 23.4. The number of anilines is 1. The number of amides is 1. The summed E-state index contributed by atoms with van der Waals surface area (Å²) in [5.41, 5.74) is 2.36. The van der Waals surface area contributed by atoms with E-state index in [9.17, 15) is 9.59 Å². The Labute approximate surface area is 189 Å². The second-order valence-corrected chi connectivity index (χ2v) is 14.8. The maximum atomic E-state index is 12.9. The van der Waals surface area contributed by atoms with Gasteiger partial charge < -0.3 is 9.53 Å². The molecule has 0 fully saturated rings. The first-order valence-corrected chi connectivity index (χ1v) is 13.6. The van der Waals surface area contributed by atoms with E-state index in [1.54, 1.807) is 31.3 Å². The second kappa shape index (κ2) is 8.04. The maximum Gasteiger partial charge on any atom is 0.409 e. The lowest BCUT2D eigenvalue weighted by molar-refractivity contribution is -0.134. The van der Waals surface area contributed by atoms with Gasteiger partial charge in [-0.05, 0) is 67.7 Å². The highest BCUT2D eigenvalue weighted by Gasteiger charge is 2.52. The average Bonchev–Trinajstić information content (AvgIpc) is 3.00. The number of rotatable bonds is 5. The van der Waals surface area contributed by atoms with Crippen LogP contribution in [0.5, 0.6) is 0 Å². The zero-order chi connectivity index (χ0) is 23.2. The van der Waals surface area contributed by atoms with E-state index in [4.69, 9.17) is 21.1 Å². The number of pyridine rings is 1. The minimum absolute atomic E-state index is 0.0349. The van der Waals surface area contributed by atoms with Gasteiger partial charge in [0.25, 0.3) is 0 Å². The van der Waals surface area contributed by atoms with E-state index >= 15 is 0 Å². The summed E-state index contributed by atoms with van der Waals surface area (Å²) >= 11 is 6.17. The number of carbonyl (C=O) groups is 2. The predicted octanol–water partition coefficient (Wildman–Crippen LogP) is 6.24. The van der Waals surface area contributed by atoms with E-state index in [-0.39, 0.29) is 10.8 Å². The Morgan fingerprint density at radius 1 is 1.26 bits per heavy atom. The van der Waals surface area contributed by atoms with Gasteiger partial charge in [0, 0.05) is 22.3 Å². The molecule has 1 amide bonds. The van der Waals surface area contributed by atoms with Crippen molar-refractivity contribution in [3.05, 3.63) is 46.7 Å². The molecular formula is C23H29ClN2O4Si. The predicted molar refractivity (Wildman–Crippen MR) is 125 cm³/mol. The monoisotopic (exact) mass is 460 g/mol. The average molecular weight is 461 g/mol. The van der Waals surface area contributed by atoms with Gasteiger partial charge in [-0.2, -0.15) is 0 Å². The van der Waals surface area contributed by atoms with Gasteiger partial charge in [0.05, 0.1) is 11.4 Å². The topological polar surface area (TPSA) is 88.5 Å². The maximum absolute atomic E-state index is 12.9. The summed E-state index contributed by atoms with van der Waals surface area (Å²) in [6, 6.07) is 6.92. The highest BCUT2D eigenvalue weighted by Crippen LogP contribution is 2.47. The van der Waals surface area contributed by atoms with Crippen molar-refractivity contribution in [2.24, 2.45) is 0 Å². The van der Waals surface area contributed by atoms with Gasteiger partial charge in [0.1, 0.15) is 0 Å². The Hall–Kier alpha value is -2.22. The molecule has 1 aromatic heterocycles. The number of benzene rings is 1. The van der Waals surface area contributed by atoms with Crippen LogP contribution in [-0.4, -0.2) is 30.3 Å². The number of fused-ring (bicyclic) bond motifs is 1. The Morgan fingerprint density at radius 2 is 1.94 bits per heavy atom. The second-order valence-electron chi connectivity index (χ2n) is 9.60. The molecule has 1 unspecified atom stereocenters. The number of nitrogens with one attached hydrogen (secondary N) is 1. The van der Waals surface area contributed by atoms with Crippen molar-refractivity contribution in [3.63, 3.8) is 0 Å². The molecule has 8 heteroatoms. The molecule has 1 aliphatic rings. The summed E-state index contributed by atoms with van der Waals surface area (Å²) < 4.78 is 6.70. The third-order valence-electron chi connectivity index (χ3n) is 6.43. The van der Waals surface area contributed by atoms with Crippen LogP contribution in [0, 0.1) is 0 Å². The summed E-state index contributed by atoms with van der Waals surface area (Å²) in [5, 5.41) is 12.0. The number of hydrogen-bond acceptors (Lipinski definition) is 4. The van der Waals surface area contributed by atoms with Crippen molar-refractivity contribution in [1.82, 2.24) is 4.98 Å². The molecule has 1 heterocycles. The number of carboxylic acid groups (broad SMARTS) is 1. The molecule has 0 saturated carbocycles. The number of aryl methyl sites for hydroxylation is 1. The standard InChI is InChI=1S/C23H29ClN2O4Si/c1-14(27)23(30-31(5,6)22(2,3)4)10-9-15-11-16(13-25-20(15)23)18-12-17(24)7-8-19(18)26-21(28)29/h7-8,11-13,26H,9-10H2,1-6H3,(H,28,29). The van der Waals surface area contributed by atoms with E-state index in [2.05, 4.69) is 44.2 Å². The van der Waals surface area contributed by atoms with Crippen LogP contribution in [0.3, 0.4) is 0 Å². The van der Waals surface area contributed by atoms with Crippen LogP contribution in [0.1, 0.15) is 45.4 Å². The van der Waals surface area contributed by atoms with Crippen LogP contribution in [0.2, 0.25) is 23.2 Å².